The van der Waals surface area contributed by atoms with E-state index < -0.39 is 5.54 Å². The average molecular weight is 542 g/mol. The molecule has 2 atom stereocenters. The Kier molecular flexibility index (Phi) is 7.11. The maximum atomic E-state index is 13.7. The molecule has 2 heterocycles. The number of nitrogens with one attached hydrogen (secondary N) is 1. The Morgan fingerprint density at radius 3 is 2.40 bits per heavy atom. The van der Waals surface area contributed by atoms with Gasteiger partial charge in [-0.05, 0) is 67.6 Å². The van der Waals surface area contributed by atoms with Crippen molar-refractivity contribution in [1.29, 1.82) is 5.26 Å². The van der Waals surface area contributed by atoms with Crippen LogP contribution in [0, 0.1) is 23.1 Å². The maximum absolute atomic E-state index is 13.7. The van der Waals surface area contributed by atoms with Crippen molar-refractivity contribution >= 4 is 11.8 Å². The molecule has 9 heteroatoms. The molecule has 8 nitrogen and oxygen atoms in total. The van der Waals surface area contributed by atoms with Crippen LogP contribution in [-0.2, 0) is 9.53 Å². The molecule has 0 bridgehead atoms. The van der Waals surface area contributed by atoms with Gasteiger partial charge in [0.1, 0.15) is 11.4 Å². The third-order valence-electron chi connectivity index (χ3n) is 8.36. The van der Waals surface area contributed by atoms with Gasteiger partial charge in [0.2, 0.25) is 5.91 Å². The van der Waals surface area contributed by atoms with Crippen LogP contribution in [-0.4, -0.2) is 58.3 Å². The molecule has 1 N–H and O–H groups in total. The standard InChI is InChI=1S/C31H32FN5O3/c32-23-9-11-24(12-10-23)37-19-27(21-5-7-22(8-6-21)30(39)36-15-17-40-18-16-36)28(35-37)25-3-1-2-4-26(25)29(38)34-31(20-33)13-14-31/h5-12,19,25-26H,1-4,13-18H2,(H,34,38). The third-order valence-corrected chi connectivity index (χ3v) is 8.36. The Bertz CT molecular complexity index is 1430. The Hall–Kier alpha value is -4.03. The molecule has 6 rings (SSSR count). The number of nitrogens with zero attached hydrogens (tertiary/aromatic N) is 4. The fourth-order valence-electron chi connectivity index (χ4n) is 5.84. The van der Waals surface area contributed by atoms with E-state index in [1.54, 1.807) is 21.7 Å². The van der Waals surface area contributed by atoms with Gasteiger partial charge in [-0.15, -0.1) is 0 Å². The minimum atomic E-state index is -0.724. The predicted molar refractivity (Wildman–Crippen MR) is 146 cm³/mol. The summed E-state index contributed by atoms with van der Waals surface area (Å²) in [6, 6.07) is 15.9. The number of rotatable bonds is 6. The van der Waals surface area contributed by atoms with Crippen molar-refractivity contribution in [3.05, 3.63) is 71.8 Å². The fraction of sp³-hybridized carbons (Fsp3) is 0.419. The zero-order chi connectivity index (χ0) is 27.7. The van der Waals surface area contributed by atoms with Crippen LogP contribution in [0.2, 0.25) is 0 Å². The quantitative estimate of drug-likeness (QED) is 0.492. The monoisotopic (exact) mass is 541 g/mol. The van der Waals surface area contributed by atoms with E-state index in [-0.39, 0.29) is 29.5 Å². The summed E-state index contributed by atoms with van der Waals surface area (Å²) in [7, 11) is 0. The number of nitriles is 1. The van der Waals surface area contributed by atoms with Crippen molar-refractivity contribution in [3.63, 3.8) is 0 Å². The number of ether oxygens (including phenoxy) is 1. The molecule has 2 aliphatic carbocycles. The first-order chi connectivity index (χ1) is 19.5. The number of hydrogen-bond donors (Lipinski definition) is 1. The van der Waals surface area contributed by atoms with E-state index in [1.807, 2.05) is 30.5 Å². The number of hydrogen-bond acceptors (Lipinski definition) is 5. The zero-order valence-corrected chi connectivity index (χ0v) is 22.3. The molecule has 2 saturated carbocycles. The van der Waals surface area contributed by atoms with Gasteiger partial charge in [-0.1, -0.05) is 25.0 Å². The second kappa shape index (κ2) is 10.9. The van der Waals surface area contributed by atoms with Crippen molar-refractivity contribution in [2.45, 2.75) is 50.0 Å². The largest absolute Gasteiger partial charge is 0.378 e. The summed E-state index contributed by atoms with van der Waals surface area (Å²) in [6.45, 7) is 2.24. The Morgan fingerprint density at radius 2 is 1.73 bits per heavy atom. The molecular weight excluding hydrogens is 509 g/mol. The molecule has 0 spiro atoms. The lowest BCUT2D eigenvalue weighted by Crippen LogP contribution is -2.42. The van der Waals surface area contributed by atoms with Crippen molar-refractivity contribution in [1.82, 2.24) is 20.0 Å². The summed E-state index contributed by atoms with van der Waals surface area (Å²) < 4.78 is 20.8. The molecule has 2 unspecified atom stereocenters. The number of amides is 2. The number of aromatic nitrogens is 2. The molecule has 1 aromatic heterocycles. The van der Waals surface area contributed by atoms with Gasteiger partial charge in [0.05, 0.1) is 30.7 Å². The third kappa shape index (κ3) is 5.24. The van der Waals surface area contributed by atoms with Crippen molar-refractivity contribution in [3.8, 4) is 22.9 Å². The molecule has 0 radical (unpaired) electrons. The lowest BCUT2D eigenvalue weighted by Gasteiger charge is -2.31. The van der Waals surface area contributed by atoms with Crippen molar-refractivity contribution < 1.29 is 18.7 Å². The second-order valence-corrected chi connectivity index (χ2v) is 11.0. The van der Waals surface area contributed by atoms with E-state index in [0.717, 1.165) is 42.5 Å². The average Bonchev–Trinajstić information content (AvgIpc) is 3.64. The first-order valence-electron chi connectivity index (χ1n) is 14.0. The van der Waals surface area contributed by atoms with Crippen LogP contribution < -0.4 is 5.32 Å². The number of halogens is 1. The van der Waals surface area contributed by atoms with Gasteiger partial charge in [0.25, 0.3) is 5.91 Å². The number of carbonyl (C=O) groups is 2. The Labute approximate surface area is 232 Å². The highest BCUT2D eigenvalue weighted by Crippen LogP contribution is 2.43. The molecule has 1 aliphatic heterocycles. The Balaban J connectivity index is 1.35. The molecular formula is C31H32FN5O3. The summed E-state index contributed by atoms with van der Waals surface area (Å²) in [4.78, 5) is 28.2. The van der Waals surface area contributed by atoms with Crippen LogP contribution in [0.4, 0.5) is 4.39 Å². The topological polar surface area (TPSA) is 100 Å². The lowest BCUT2D eigenvalue weighted by molar-refractivity contribution is -0.127. The van der Waals surface area contributed by atoms with Crippen molar-refractivity contribution in [2.75, 3.05) is 26.3 Å². The smallest absolute Gasteiger partial charge is 0.254 e. The molecule has 2 aromatic carbocycles. The zero-order valence-electron chi connectivity index (χ0n) is 22.3. The van der Waals surface area contributed by atoms with Crippen molar-refractivity contribution in [2.24, 2.45) is 5.92 Å². The van der Waals surface area contributed by atoms with Gasteiger partial charge in [-0.2, -0.15) is 10.4 Å². The lowest BCUT2D eigenvalue weighted by atomic mass is 9.75. The first-order valence-corrected chi connectivity index (χ1v) is 14.0. The number of benzene rings is 2. The van der Waals surface area contributed by atoms with Gasteiger partial charge in [0, 0.05) is 42.2 Å². The van der Waals surface area contributed by atoms with Crippen LogP contribution in [0.3, 0.4) is 0 Å². The van der Waals surface area contributed by atoms with Gasteiger partial charge in [-0.25, -0.2) is 9.07 Å². The van der Waals surface area contributed by atoms with E-state index in [0.29, 0.717) is 50.4 Å². The molecule has 40 heavy (non-hydrogen) atoms. The van der Waals surface area contributed by atoms with Gasteiger partial charge in [-0.3, -0.25) is 9.59 Å². The first kappa shape index (κ1) is 26.2. The molecule has 1 saturated heterocycles. The number of carbonyl (C=O) groups excluding carboxylic acids is 2. The maximum Gasteiger partial charge on any atom is 0.254 e. The molecule has 2 amide bonds. The van der Waals surface area contributed by atoms with Crippen LogP contribution >= 0.6 is 0 Å². The highest BCUT2D eigenvalue weighted by molar-refractivity contribution is 5.95. The minimum absolute atomic E-state index is 0.0207. The summed E-state index contributed by atoms with van der Waals surface area (Å²) in [5, 5.41) is 17.5. The summed E-state index contributed by atoms with van der Waals surface area (Å²) >= 11 is 0. The highest BCUT2D eigenvalue weighted by atomic mass is 19.1. The summed E-state index contributed by atoms with van der Waals surface area (Å²) in [5.41, 5.74) is 3.17. The van der Waals surface area contributed by atoms with Crippen LogP contribution in [0.1, 0.15) is 60.5 Å². The van der Waals surface area contributed by atoms with Gasteiger partial charge in [0.15, 0.2) is 0 Å². The van der Waals surface area contributed by atoms with Crippen LogP contribution in [0.15, 0.2) is 54.7 Å². The molecule has 206 valence electrons. The van der Waals surface area contributed by atoms with Crippen LogP contribution in [0.25, 0.3) is 16.8 Å². The van der Waals surface area contributed by atoms with Gasteiger partial charge < -0.3 is 15.0 Å². The summed E-state index contributed by atoms with van der Waals surface area (Å²) in [5.74, 6) is -0.857. The minimum Gasteiger partial charge on any atom is -0.378 e. The fourth-order valence-corrected chi connectivity index (χ4v) is 5.84. The second-order valence-electron chi connectivity index (χ2n) is 11.0. The highest BCUT2D eigenvalue weighted by Gasteiger charge is 2.47. The van der Waals surface area contributed by atoms with E-state index in [2.05, 4.69) is 11.4 Å². The van der Waals surface area contributed by atoms with Gasteiger partial charge >= 0.3 is 0 Å². The van der Waals surface area contributed by atoms with E-state index in [4.69, 9.17) is 9.84 Å². The summed E-state index contributed by atoms with van der Waals surface area (Å²) in [6.07, 6.45) is 6.75. The van der Waals surface area contributed by atoms with Crippen LogP contribution in [0.5, 0.6) is 0 Å². The SMILES string of the molecule is N#CC1(NC(=O)C2CCCCC2c2nn(-c3ccc(F)cc3)cc2-c2ccc(C(=O)N3CCOCC3)cc2)CC1. The van der Waals surface area contributed by atoms with E-state index in [1.165, 1.54) is 12.1 Å². The van der Waals surface area contributed by atoms with E-state index in [9.17, 15) is 19.2 Å². The predicted octanol–water partition coefficient (Wildman–Crippen LogP) is 4.60. The Morgan fingerprint density at radius 1 is 1.02 bits per heavy atom. The normalized spacial score (nSPS) is 21.9. The molecule has 3 aromatic rings. The number of morpholine rings is 1. The molecule has 3 fully saturated rings. The van der Waals surface area contributed by atoms with E-state index >= 15 is 0 Å². The molecule has 3 aliphatic rings.